The third kappa shape index (κ3) is 5.16. The topological polar surface area (TPSA) is 67.6 Å². The molecule has 0 amide bonds. The van der Waals surface area contributed by atoms with E-state index in [0.29, 0.717) is 0 Å². The fraction of sp³-hybridized carbons (Fsp3) is 0.294. The molecule has 3 heterocycles. The number of pyridine rings is 2. The third-order valence-electron chi connectivity index (χ3n) is 2.82. The Kier molecular flexibility index (Phi) is 7.02. The van der Waals surface area contributed by atoms with E-state index in [1.54, 1.807) is 13.0 Å². The standard InChI is InChI=1S/C9H10N2.C6H7FN2.C2H6/c1-2-7-5-8-3-4-10-9(8)11-6-7;1-4-2-5(7)9-6(8)3-4;1-2/h3-6H,2H2,1H3,(H,10,11);2-3H,1H3,(H2,8,9);1-2H3. The molecule has 0 atom stereocenters. The smallest absolute Gasteiger partial charge is 0.215 e. The number of fused-ring (bicyclic) bond motifs is 1. The van der Waals surface area contributed by atoms with Gasteiger partial charge in [0.2, 0.25) is 5.95 Å². The number of aryl methyl sites for hydroxylation is 2. The van der Waals surface area contributed by atoms with Gasteiger partial charge in [0.1, 0.15) is 11.5 Å². The van der Waals surface area contributed by atoms with E-state index in [9.17, 15) is 4.39 Å². The summed E-state index contributed by atoms with van der Waals surface area (Å²) in [6, 6.07) is 7.15. The normalized spacial score (nSPS) is 9.50. The predicted molar refractivity (Wildman–Crippen MR) is 90.2 cm³/mol. The molecule has 4 nitrogen and oxygen atoms in total. The molecule has 0 aliphatic rings. The zero-order chi connectivity index (χ0) is 16.5. The second-order valence-electron chi connectivity index (χ2n) is 4.50. The number of anilines is 1. The van der Waals surface area contributed by atoms with Gasteiger partial charge < -0.3 is 10.7 Å². The minimum atomic E-state index is -0.521. The molecule has 0 unspecified atom stereocenters. The molecule has 0 fully saturated rings. The maximum absolute atomic E-state index is 12.2. The molecule has 3 N–H and O–H groups in total. The first kappa shape index (κ1) is 17.6. The highest BCUT2D eigenvalue weighted by Crippen LogP contribution is 2.11. The molecule has 22 heavy (non-hydrogen) atoms. The summed E-state index contributed by atoms with van der Waals surface area (Å²) in [6.45, 7) is 7.90. The van der Waals surface area contributed by atoms with Gasteiger partial charge in [-0.1, -0.05) is 20.8 Å². The maximum Gasteiger partial charge on any atom is 0.215 e. The fourth-order valence-corrected chi connectivity index (χ4v) is 1.83. The monoisotopic (exact) mass is 302 g/mol. The molecule has 0 aliphatic heterocycles. The third-order valence-corrected chi connectivity index (χ3v) is 2.82. The highest BCUT2D eigenvalue weighted by Gasteiger charge is 1.95. The maximum atomic E-state index is 12.2. The zero-order valence-electron chi connectivity index (χ0n) is 13.5. The van der Waals surface area contributed by atoms with Crippen LogP contribution in [0.1, 0.15) is 31.9 Å². The van der Waals surface area contributed by atoms with Gasteiger partial charge >= 0.3 is 0 Å². The van der Waals surface area contributed by atoms with Crippen LogP contribution in [0.15, 0.2) is 36.7 Å². The summed E-state index contributed by atoms with van der Waals surface area (Å²) in [4.78, 5) is 10.7. The number of hydrogen-bond donors (Lipinski definition) is 2. The molecular weight excluding hydrogens is 279 g/mol. The van der Waals surface area contributed by atoms with E-state index in [1.807, 2.05) is 32.3 Å². The van der Waals surface area contributed by atoms with Gasteiger partial charge in [0.25, 0.3) is 0 Å². The average Bonchev–Trinajstić information content (AvgIpc) is 2.95. The summed E-state index contributed by atoms with van der Waals surface area (Å²) < 4.78 is 12.2. The van der Waals surface area contributed by atoms with Crippen LogP contribution in [0.3, 0.4) is 0 Å². The van der Waals surface area contributed by atoms with Gasteiger partial charge in [0, 0.05) is 17.8 Å². The lowest BCUT2D eigenvalue weighted by Crippen LogP contribution is -1.92. The van der Waals surface area contributed by atoms with Crippen molar-refractivity contribution in [3.63, 3.8) is 0 Å². The van der Waals surface area contributed by atoms with E-state index in [-0.39, 0.29) is 5.82 Å². The van der Waals surface area contributed by atoms with Crippen molar-refractivity contribution in [2.24, 2.45) is 0 Å². The molecule has 0 aromatic carbocycles. The number of rotatable bonds is 1. The number of nitrogen functional groups attached to an aromatic ring is 1. The molecule has 0 radical (unpaired) electrons. The van der Waals surface area contributed by atoms with Crippen molar-refractivity contribution in [2.45, 2.75) is 34.1 Å². The Morgan fingerprint density at radius 3 is 2.55 bits per heavy atom. The van der Waals surface area contributed by atoms with E-state index in [2.05, 4.69) is 27.9 Å². The lowest BCUT2D eigenvalue weighted by atomic mass is 10.2. The van der Waals surface area contributed by atoms with Crippen LogP contribution in [-0.2, 0) is 6.42 Å². The molecule has 0 aliphatic carbocycles. The van der Waals surface area contributed by atoms with Crippen molar-refractivity contribution < 1.29 is 4.39 Å². The fourth-order valence-electron chi connectivity index (χ4n) is 1.83. The Balaban J connectivity index is 0.000000202. The number of aromatic amines is 1. The summed E-state index contributed by atoms with van der Waals surface area (Å²) in [7, 11) is 0. The van der Waals surface area contributed by atoms with E-state index < -0.39 is 5.95 Å². The highest BCUT2D eigenvalue weighted by atomic mass is 19.1. The van der Waals surface area contributed by atoms with Crippen LogP contribution in [0.2, 0.25) is 0 Å². The van der Waals surface area contributed by atoms with Crippen LogP contribution in [0, 0.1) is 12.9 Å². The predicted octanol–water partition coefficient (Wildman–Crippen LogP) is 4.26. The first-order valence-electron chi connectivity index (χ1n) is 7.40. The van der Waals surface area contributed by atoms with Gasteiger partial charge in [0.15, 0.2) is 0 Å². The Labute approximate surface area is 130 Å². The molecule has 0 bridgehead atoms. The lowest BCUT2D eigenvalue weighted by Gasteiger charge is -1.93. The summed E-state index contributed by atoms with van der Waals surface area (Å²) in [5.41, 5.74) is 8.26. The van der Waals surface area contributed by atoms with Crippen molar-refractivity contribution in [2.75, 3.05) is 5.73 Å². The number of nitrogens with one attached hydrogen (secondary N) is 1. The van der Waals surface area contributed by atoms with Crippen LogP contribution < -0.4 is 5.73 Å². The molecule has 3 rings (SSSR count). The van der Waals surface area contributed by atoms with E-state index in [4.69, 9.17) is 5.73 Å². The first-order valence-corrected chi connectivity index (χ1v) is 7.40. The van der Waals surface area contributed by atoms with E-state index in [1.165, 1.54) is 17.0 Å². The Morgan fingerprint density at radius 2 is 1.95 bits per heavy atom. The number of nitrogens with zero attached hydrogens (tertiary/aromatic N) is 2. The SMILES string of the molecule is CC.CCc1cnc2[nH]ccc2c1.Cc1cc(N)nc(F)c1. The molecule has 0 saturated carbocycles. The van der Waals surface area contributed by atoms with Crippen LogP contribution in [0.25, 0.3) is 11.0 Å². The summed E-state index contributed by atoms with van der Waals surface area (Å²) in [6.07, 6.45) is 4.88. The number of hydrogen-bond acceptors (Lipinski definition) is 3. The number of nitrogens with two attached hydrogens (primary N) is 1. The van der Waals surface area contributed by atoms with Gasteiger partial charge in [-0.25, -0.2) is 9.97 Å². The molecule has 118 valence electrons. The Hall–Kier alpha value is -2.43. The zero-order valence-corrected chi connectivity index (χ0v) is 13.5. The second kappa shape index (κ2) is 8.77. The molecule has 0 saturated heterocycles. The first-order chi connectivity index (χ1) is 10.6. The van der Waals surface area contributed by atoms with Crippen LogP contribution >= 0.6 is 0 Å². The minimum absolute atomic E-state index is 0.229. The molecule has 5 heteroatoms. The van der Waals surface area contributed by atoms with Crippen LogP contribution in [0.5, 0.6) is 0 Å². The van der Waals surface area contributed by atoms with Gasteiger partial charge in [-0.2, -0.15) is 4.39 Å². The van der Waals surface area contributed by atoms with Crippen molar-refractivity contribution in [1.82, 2.24) is 15.0 Å². The van der Waals surface area contributed by atoms with Crippen molar-refractivity contribution in [3.05, 3.63) is 53.7 Å². The van der Waals surface area contributed by atoms with Crippen molar-refractivity contribution in [3.8, 4) is 0 Å². The average molecular weight is 302 g/mol. The number of H-pyrrole nitrogens is 1. The van der Waals surface area contributed by atoms with Crippen molar-refractivity contribution >= 4 is 16.9 Å². The lowest BCUT2D eigenvalue weighted by molar-refractivity contribution is 0.584. The molecule has 0 spiro atoms. The largest absolute Gasteiger partial charge is 0.384 e. The molecule has 3 aromatic rings. The Bertz CT molecular complexity index is 656. The molecular formula is C17H23FN4. The summed E-state index contributed by atoms with van der Waals surface area (Å²) in [5.74, 6) is -0.292. The summed E-state index contributed by atoms with van der Waals surface area (Å²) in [5, 5.41) is 1.20. The van der Waals surface area contributed by atoms with Crippen molar-refractivity contribution in [1.29, 1.82) is 0 Å². The number of aromatic nitrogens is 3. The Morgan fingerprint density at radius 1 is 1.23 bits per heavy atom. The minimum Gasteiger partial charge on any atom is -0.384 e. The molecule has 3 aromatic heterocycles. The quantitative estimate of drug-likeness (QED) is 0.660. The van der Waals surface area contributed by atoms with Gasteiger partial charge in [-0.15, -0.1) is 0 Å². The van der Waals surface area contributed by atoms with E-state index >= 15 is 0 Å². The van der Waals surface area contributed by atoms with E-state index in [0.717, 1.165) is 17.6 Å². The van der Waals surface area contributed by atoms with Crippen LogP contribution in [-0.4, -0.2) is 15.0 Å². The van der Waals surface area contributed by atoms with Gasteiger partial charge in [0.05, 0.1) is 0 Å². The van der Waals surface area contributed by atoms with Crippen LogP contribution in [0.4, 0.5) is 10.2 Å². The van der Waals surface area contributed by atoms with Gasteiger partial charge in [-0.3, -0.25) is 0 Å². The highest BCUT2D eigenvalue weighted by molar-refractivity contribution is 5.75. The second-order valence-corrected chi connectivity index (χ2v) is 4.50. The van der Waals surface area contributed by atoms with Gasteiger partial charge in [-0.05, 0) is 48.7 Å². The number of halogens is 1. The summed E-state index contributed by atoms with van der Waals surface area (Å²) >= 11 is 0.